The van der Waals surface area contributed by atoms with Crippen molar-refractivity contribution in [2.24, 2.45) is 5.92 Å². The average Bonchev–Trinajstić information content (AvgIpc) is 2.53. The first-order valence-electron chi connectivity index (χ1n) is 4.75. The lowest BCUT2D eigenvalue weighted by atomic mass is 9.82. The Balaban J connectivity index is 2.48. The van der Waals surface area contributed by atoms with Crippen molar-refractivity contribution in [2.75, 3.05) is 0 Å². The molecule has 0 radical (unpaired) electrons. The quantitative estimate of drug-likeness (QED) is 0.525. The molecule has 100 valence electrons. The number of aliphatic hydroxyl groups excluding tert-OH is 1. The molecule has 0 amide bonds. The highest BCUT2D eigenvalue weighted by Crippen LogP contribution is 2.58. The van der Waals surface area contributed by atoms with Crippen LogP contribution in [0.5, 0.6) is 0 Å². The number of hydrogen-bond donors (Lipinski definition) is 2. The molecule has 1 saturated heterocycles. The third-order valence-electron chi connectivity index (χ3n) is 3.48. The highest BCUT2D eigenvalue weighted by Gasteiger charge is 2.81. The van der Waals surface area contributed by atoms with Crippen LogP contribution in [0.15, 0.2) is 0 Å². The van der Waals surface area contributed by atoms with Crippen molar-refractivity contribution in [1.82, 2.24) is 5.32 Å². The van der Waals surface area contributed by atoms with Gasteiger partial charge in [0.2, 0.25) is 5.54 Å². The summed E-state index contributed by atoms with van der Waals surface area (Å²) in [4.78, 5) is 0. The largest absolute Gasteiger partial charge is 0.415 e. The molecule has 2 N–H and O–H groups in total. The van der Waals surface area contributed by atoms with Crippen LogP contribution in [0.3, 0.4) is 0 Å². The van der Waals surface area contributed by atoms with Crippen molar-refractivity contribution < 1.29 is 31.4 Å². The van der Waals surface area contributed by atoms with Crippen LogP contribution in [0.1, 0.15) is 6.42 Å². The third kappa shape index (κ3) is 1.50. The minimum atomic E-state index is -5.50. The Kier molecular flexibility index (Phi) is 2.66. The van der Waals surface area contributed by atoms with Gasteiger partial charge in [0.15, 0.2) is 0 Å². The van der Waals surface area contributed by atoms with E-state index in [2.05, 4.69) is 0 Å². The van der Waals surface area contributed by atoms with Crippen LogP contribution < -0.4 is 5.32 Å². The van der Waals surface area contributed by atoms with Gasteiger partial charge in [0.1, 0.15) is 0 Å². The van der Waals surface area contributed by atoms with Gasteiger partial charge in [-0.25, -0.2) is 0 Å². The molecule has 0 spiro atoms. The summed E-state index contributed by atoms with van der Waals surface area (Å²) in [6.45, 7) is 0. The summed E-state index contributed by atoms with van der Waals surface area (Å²) >= 11 is 5.54. The molecule has 1 aliphatic heterocycles. The van der Waals surface area contributed by atoms with Crippen LogP contribution in [-0.4, -0.2) is 40.5 Å². The van der Waals surface area contributed by atoms with Gasteiger partial charge < -0.3 is 5.11 Å². The van der Waals surface area contributed by atoms with E-state index in [9.17, 15) is 31.4 Å². The molecule has 9 heteroatoms. The highest BCUT2D eigenvalue weighted by atomic mass is 35.5. The van der Waals surface area contributed by atoms with E-state index in [0.29, 0.717) is 0 Å². The summed E-state index contributed by atoms with van der Waals surface area (Å²) in [5, 5.41) is 9.34. The number of piperidine rings is 1. The second kappa shape index (κ2) is 3.42. The molecule has 17 heavy (non-hydrogen) atoms. The molecule has 2 rings (SSSR count). The second-order valence-corrected chi connectivity index (χ2v) is 4.83. The van der Waals surface area contributed by atoms with Crippen LogP contribution in [-0.2, 0) is 0 Å². The lowest BCUT2D eigenvalue weighted by molar-refractivity contribution is -0.320. The number of nitrogens with one attached hydrogen (secondary N) is 1. The molecular weight excluding hydrogens is 276 g/mol. The topological polar surface area (TPSA) is 32.3 Å². The van der Waals surface area contributed by atoms with Gasteiger partial charge in [0.25, 0.3) is 0 Å². The maximum Gasteiger partial charge on any atom is 0.415 e. The van der Waals surface area contributed by atoms with Crippen LogP contribution in [0.4, 0.5) is 26.3 Å². The number of hydrogen-bond acceptors (Lipinski definition) is 2. The molecule has 1 aliphatic carbocycles. The molecule has 4 atom stereocenters. The average molecular weight is 284 g/mol. The van der Waals surface area contributed by atoms with E-state index < -0.39 is 47.8 Å². The van der Waals surface area contributed by atoms with Gasteiger partial charge in [-0.15, -0.1) is 11.6 Å². The molecule has 2 bridgehead atoms. The van der Waals surface area contributed by atoms with E-state index in [1.54, 1.807) is 0 Å². The van der Waals surface area contributed by atoms with E-state index in [0.717, 1.165) is 0 Å². The summed E-state index contributed by atoms with van der Waals surface area (Å²) in [6, 6.07) is -1.38. The first kappa shape index (κ1) is 13.2. The predicted octanol–water partition coefficient (Wildman–Crippen LogP) is 1.81. The number of halogens is 7. The Hall–Kier alpha value is -0.210. The Morgan fingerprint density at radius 1 is 1.12 bits per heavy atom. The van der Waals surface area contributed by atoms with Crippen LogP contribution in [0, 0.1) is 5.92 Å². The fourth-order valence-electron chi connectivity index (χ4n) is 2.71. The predicted molar refractivity (Wildman–Crippen MR) is 45.5 cm³/mol. The fraction of sp³-hybridized carbons (Fsp3) is 1.00. The zero-order valence-electron chi connectivity index (χ0n) is 8.11. The van der Waals surface area contributed by atoms with Crippen molar-refractivity contribution in [3.63, 3.8) is 0 Å². The van der Waals surface area contributed by atoms with Crippen molar-refractivity contribution >= 4 is 11.6 Å². The van der Waals surface area contributed by atoms with Crippen LogP contribution >= 0.6 is 11.6 Å². The molecule has 1 saturated carbocycles. The molecular formula is C8H8ClF6NO. The summed E-state index contributed by atoms with van der Waals surface area (Å²) in [5.74, 6) is -1.90. The SMILES string of the molecule is O[C@@H]1C[C@H]2[C@@H](Cl)[C@@H]1NC2(C(F)(F)F)C(F)(F)F. The zero-order valence-corrected chi connectivity index (χ0v) is 8.87. The van der Waals surface area contributed by atoms with Gasteiger partial charge in [-0.2, -0.15) is 26.3 Å². The van der Waals surface area contributed by atoms with Crippen molar-refractivity contribution in [3.05, 3.63) is 0 Å². The second-order valence-electron chi connectivity index (χ2n) is 4.33. The lowest BCUT2D eigenvalue weighted by Gasteiger charge is -2.41. The minimum Gasteiger partial charge on any atom is -0.391 e. The highest BCUT2D eigenvalue weighted by molar-refractivity contribution is 6.22. The molecule has 2 fully saturated rings. The number of alkyl halides is 7. The van der Waals surface area contributed by atoms with Crippen molar-refractivity contribution in [1.29, 1.82) is 0 Å². The van der Waals surface area contributed by atoms with E-state index in [1.165, 1.54) is 5.32 Å². The van der Waals surface area contributed by atoms with E-state index in [4.69, 9.17) is 11.6 Å². The Bertz CT molecular complexity index is 315. The molecule has 2 aliphatic rings. The van der Waals surface area contributed by atoms with Crippen molar-refractivity contribution in [3.8, 4) is 0 Å². The Morgan fingerprint density at radius 3 is 1.82 bits per heavy atom. The molecule has 0 aromatic carbocycles. The summed E-state index contributed by atoms with van der Waals surface area (Å²) in [5.41, 5.74) is -4.00. The third-order valence-corrected chi connectivity index (χ3v) is 4.06. The van der Waals surface area contributed by atoms with Gasteiger partial charge >= 0.3 is 12.4 Å². The summed E-state index contributed by atoms with van der Waals surface area (Å²) in [7, 11) is 0. The van der Waals surface area contributed by atoms with E-state index in [-0.39, 0.29) is 0 Å². The lowest BCUT2D eigenvalue weighted by Crippen LogP contribution is -2.70. The molecule has 1 heterocycles. The van der Waals surface area contributed by atoms with Crippen LogP contribution in [0.25, 0.3) is 0 Å². The van der Waals surface area contributed by atoms with Gasteiger partial charge in [0, 0.05) is 5.92 Å². The van der Waals surface area contributed by atoms with Crippen LogP contribution in [0.2, 0.25) is 0 Å². The van der Waals surface area contributed by atoms with Gasteiger partial charge in [-0.05, 0) is 6.42 Å². The standard InChI is InChI=1S/C8H8ClF6NO/c9-4-2-1-3(17)5(4)16-6(2,7(10,11)12)8(13,14)15/h2-5,16-17H,1H2/t2-,3+,4+,5+/m0/s1. The first-order chi connectivity index (χ1) is 7.52. The maximum absolute atomic E-state index is 12.7. The molecule has 0 aromatic heterocycles. The smallest absolute Gasteiger partial charge is 0.391 e. The minimum absolute atomic E-state index is 0.606. The van der Waals surface area contributed by atoms with Gasteiger partial charge in [0.05, 0.1) is 17.5 Å². The summed E-state index contributed by atoms with van der Waals surface area (Å²) < 4.78 is 76.5. The Labute approximate surface area is 96.9 Å². The van der Waals surface area contributed by atoms with E-state index in [1.807, 2.05) is 0 Å². The Morgan fingerprint density at radius 2 is 1.59 bits per heavy atom. The van der Waals surface area contributed by atoms with Gasteiger partial charge in [-0.3, -0.25) is 5.32 Å². The monoisotopic (exact) mass is 283 g/mol. The number of fused-ring (bicyclic) bond motifs is 2. The zero-order chi connectivity index (χ0) is 13.2. The fourth-order valence-corrected chi connectivity index (χ4v) is 3.23. The summed E-state index contributed by atoms with van der Waals surface area (Å²) in [6.07, 6.45) is -12.9. The normalized spacial score (nSPS) is 40.9. The molecule has 2 nitrogen and oxygen atoms in total. The molecule has 0 aromatic rings. The van der Waals surface area contributed by atoms with E-state index >= 15 is 0 Å². The first-order valence-corrected chi connectivity index (χ1v) is 5.19. The van der Waals surface area contributed by atoms with Gasteiger partial charge in [-0.1, -0.05) is 0 Å². The number of aliphatic hydroxyl groups is 1. The maximum atomic E-state index is 12.7. The molecule has 0 unspecified atom stereocenters. The van der Waals surface area contributed by atoms with Crippen molar-refractivity contribution in [2.45, 2.75) is 41.8 Å². The number of rotatable bonds is 0.